The van der Waals surface area contributed by atoms with Crippen LogP contribution in [0.2, 0.25) is 0 Å². The van der Waals surface area contributed by atoms with E-state index in [1.807, 2.05) is 17.8 Å². The minimum absolute atomic E-state index is 0.282. The molecule has 0 amide bonds. The zero-order valence-corrected chi connectivity index (χ0v) is 14.0. The lowest BCUT2D eigenvalue weighted by atomic mass is 10.0. The predicted octanol–water partition coefficient (Wildman–Crippen LogP) is 4.93. The lowest BCUT2D eigenvalue weighted by Gasteiger charge is -2.23. The first-order valence-electron chi connectivity index (χ1n) is 8.03. The zero-order chi connectivity index (χ0) is 14.8. The SMILES string of the molecule is CCc1c(C(C)NC2CCCC2SC)oc2ccccc12. The third-order valence-corrected chi connectivity index (χ3v) is 5.87. The first kappa shape index (κ1) is 15.0. The summed E-state index contributed by atoms with van der Waals surface area (Å²) in [6.07, 6.45) is 7.23. The lowest BCUT2D eigenvalue weighted by Crippen LogP contribution is -2.36. The quantitative estimate of drug-likeness (QED) is 0.848. The van der Waals surface area contributed by atoms with Crippen LogP contribution in [-0.4, -0.2) is 17.5 Å². The molecule has 3 heteroatoms. The van der Waals surface area contributed by atoms with Gasteiger partial charge < -0.3 is 9.73 Å². The summed E-state index contributed by atoms with van der Waals surface area (Å²) in [5, 5.41) is 5.84. The van der Waals surface area contributed by atoms with Crippen LogP contribution in [-0.2, 0) is 6.42 Å². The van der Waals surface area contributed by atoms with Gasteiger partial charge in [0.05, 0.1) is 6.04 Å². The zero-order valence-electron chi connectivity index (χ0n) is 13.2. The fourth-order valence-corrected chi connectivity index (χ4v) is 4.57. The Morgan fingerprint density at radius 3 is 2.90 bits per heavy atom. The molecule has 0 bridgehead atoms. The van der Waals surface area contributed by atoms with Crippen LogP contribution < -0.4 is 5.32 Å². The molecule has 3 unspecified atom stereocenters. The topological polar surface area (TPSA) is 25.2 Å². The second-order valence-corrected chi connectivity index (χ2v) is 7.07. The molecule has 114 valence electrons. The Balaban J connectivity index is 1.85. The highest BCUT2D eigenvalue weighted by atomic mass is 32.2. The molecule has 1 saturated carbocycles. The summed E-state index contributed by atoms with van der Waals surface area (Å²) < 4.78 is 6.16. The minimum atomic E-state index is 0.282. The average molecular weight is 303 g/mol. The molecular formula is C18H25NOS. The molecule has 0 radical (unpaired) electrons. The maximum Gasteiger partial charge on any atom is 0.134 e. The summed E-state index contributed by atoms with van der Waals surface area (Å²) in [7, 11) is 0. The summed E-state index contributed by atoms with van der Waals surface area (Å²) >= 11 is 2.00. The molecule has 2 aromatic rings. The Bertz CT molecular complexity index is 606. The normalized spacial score (nSPS) is 23.8. The van der Waals surface area contributed by atoms with E-state index < -0.39 is 0 Å². The van der Waals surface area contributed by atoms with Crippen LogP contribution in [0.1, 0.15) is 50.5 Å². The van der Waals surface area contributed by atoms with Gasteiger partial charge in [-0.2, -0.15) is 11.8 Å². The Morgan fingerprint density at radius 2 is 2.14 bits per heavy atom. The minimum Gasteiger partial charge on any atom is -0.459 e. The first-order valence-corrected chi connectivity index (χ1v) is 9.32. The van der Waals surface area contributed by atoms with E-state index in [2.05, 4.69) is 43.6 Å². The Labute approximate surface area is 131 Å². The highest BCUT2D eigenvalue weighted by Gasteiger charge is 2.29. The fourth-order valence-electron chi connectivity index (χ4n) is 3.63. The molecule has 1 fully saturated rings. The van der Waals surface area contributed by atoms with Crippen molar-refractivity contribution in [3.05, 3.63) is 35.6 Å². The van der Waals surface area contributed by atoms with E-state index in [0.717, 1.165) is 23.0 Å². The van der Waals surface area contributed by atoms with Gasteiger partial charge in [-0.1, -0.05) is 31.5 Å². The van der Waals surface area contributed by atoms with Crippen molar-refractivity contribution < 1.29 is 4.42 Å². The number of benzene rings is 1. The second kappa shape index (κ2) is 6.45. The van der Waals surface area contributed by atoms with Crippen molar-refractivity contribution in [2.45, 2.75) is 56.9 Å². The Morgan fingerprint density at radius 1 is 1.33 bits per heavy atom. The van der Waals surface area contributed by atoms with Crippen molar-refractivity contribution in [1.82, 2.24) is 5.32 Å². The van der Waals surface area contributed by atoms with Crippen LogP contribution >= 0.6 is 11.8 Å². The maximum absolute atomic E-state index is 6.16. The largest absolute Gasteiger partial charge is 0.459 e. The third kappa shape index (κ3) is 2.86. The number of furan rings is 1. The van der Waals surface area contributed by atoms with Gasteiger partial charge in [-0.25, -0.2) is 0 Å². The molecule has 2 nitrogen and oxygen atoms in total. The second-order valence-electron chi connectivity index (χ2n) is 5.99. The van der Waals surface area contributed by atoms with Crippen molar-refractivity contribution >= 4 is 22.7 Å². The smallest absolute Gasteiger partial charge is 0.134 e. The number of nitrogens with one attached hydrogen (secondary N) is 1. The van der Waals surface area contributed by atoms with Crippen LogP contribution in [0.4, 0.5) is 0 Å². The molecule has 1 aromatic heterocycles. The molecule has 1 N–H and O–H groups in total. The van der Waals surface area contributed by atoms with E-state index in [0.29, 0.717) is 6.04 Å². The Kier molecular flexibility index (Phi) is 4.60. The molecule has 21 heavy (non-hydrogen) atoms. The molecule has 1 aromatic carbocycles. The van der Waals surface area contributed by atoms with E-state index in [4.69, 9.17) is 4.42 Å². The summed E-state index contributed by atoms with van der Waals surface area (Å²) in [5.41, 5.74) is 2.38. The van der Waals surface area contributed by atoms with E-state index in [-0.39, 0.29) is 6.04 Å². The Hall–Kier alpha value is -0.930. The van der Waals surface area contributed by atoms with E-state index in [1.54, 1.807) is 0 Å². The number of hydrogen-bond donors (Lipinski definition) is 1. The number of thioether (sulfide) groups is 1. The van der Waals surface area contributed by atoms with Gasteiger partial charge in [0.1, 0.15) is 11.3 Å². The molecule has 0 spiro atoms. The molecule has 3 atom stereocenters. The van der Waals surface area contributed by atoms with Gasteiger partial charge in [-0.05, 0) is 38.5 Å². The van der Waals surface area contributed by atoms with Gasteiger partial charge in [0, 0.05) is 22.2 Å². The predicted molar refractivity (Wildman–Crippen MR) is 92.1 cm³/mol. The molecule has 1 aliphatic rings. The van der Waals surface area contributed by atoms with Gasteiger partial charge in [0.15, 0.2) is 0 Å². The number of para-hydroxylation sites is 1. The fraction of sp³-hybridized carbons (Fsp3) is 0.556. The summed E-state index contributed by atoms with van der Waals surface area (Å²) in [5.74, 6) is 1.13. The van der Waals surface area contributed by atoms with Crippen LogP contribution in [0.25, 0.3) is 11.0 Å². The summed E-state index contributed by atoms with van der Waals surface area (Å²) in [6, 6.07) is 9.30. The van der Waals surface area contributed by atoms with Gasteiger partial charge >= 0.3 is 0 Å². The van der Waals surface area contributed by atoms with Crippen LogP contribution in [0, 0.1) is 0 Å². The summed E-state index contributed by atoms with van der Waals surface area (Å²) in [6.45, 7) is 4.46. The van der Waals surface area contributed by atoms with Crippen molar-refractivity contribution in [2.75, 3.05) is 6.26 Å². The monoisotopic (exact) mass is 303 g/mol. The summed E-state index contributed by atoms with van der Waals surface area (Å²) in [4.78, 5) is 0. The molecular weight excluding hydrogens is 278 g/mol. The average Bonchev–Trinajstić information content (AvgIpc) is 3.10. The van der Waals surface area contributed by atoms with Crippen LogP contribution in [0.15, 0.2) is 28.7 Å². The van der Waals surface area contributed by atoms with E-state index >= 15 is 0 Å². The first-order chi connectivity index (χ1) is 10.2. The number of hydrogen-bond acceptors (Lipinski definition) is 3. The van der Waals surface area contributed by atoms with Crippen LogP contribution in [0.3, 0.4) is 0 Å². The van der Waals surface area contributed by atoms with Gasteiger partial charge in [-0.3, -0.25) is 0 Å². The van der Waals surface area contributed by atoms with Crippen molar-refractivity contribution in [3.8, 4) is 0 Å². The molecule has 0 aliphatic heterocycles. The highest BCUT2D eigenvalue weighted by molar-refractivity contribution is 7.99. The lowest BCUT2D eigenvalue weighted by molar-refractivity contribution is 0.401. The van der Waals surface area contributed by atoms with E-state index in [9.17, 15) is 0 Å². The maximum atomic E-state index is 6.16. The van der Waals surface area contributed by atoms with Gasteiger partial charge in [0.2, 0.25) is 0 Å². The molecule has 1 aliphatic carbocycles. The standard InChI is InChI=1S/C18H25NOS/c1-4-13-14-8-5-6-10-16(14)20-18(13)12(2)19-15-9-7-11-17(15)21-3/h5-6,8,10,12,15,17,19H,4,7,9,11H2,1-3H3. The number of rotatable bonds is 5. The third-order valence-electron chi connectivity index (χ3n) is 4.70. The molecule has 3 rings (SSSR count). The molecule has 0 saturated heterocycles. The number of fused-ring (bicyclic) bond motifs is 1. The molecule has 1 heterocycles. The van der Waals surface area contributed by atoms with Crippen molar-refractivity contribution in [3.63, 3.8) is 0 Å². The van der Waals surface area contributed by atoms with Crippen LogP contribution in [0.5, 0.6) is 0 Å². The van der Waals surface area contributed by atoms with E-state index in [1.165, 1.54) is 30.2 Å². The van der Waals surface area contributed by atoms with Crippen molar-refractivity contribution in [1.29, 1.82) is 0 Å². The highest BCUT2D eigenvalue weighted by Crippen LogP contribution is 2.33. The van der Waals surface area contributed by atoms with Crippen molar-refractivity contribution in [2.24, 2.45) is 0 Å². The van der Waals surface area contributed by atoms with Gasteiger partial charge in [0.25, 0.3) is 0 Å². The van der Waals surface area contributed by atoms with Gasteiger partial charge in [-0.15, -0.1) is 0 Å². The number of aryl methyl sites for hydroxylation is 1.